The zero-order chi connectivity index (χ0) is 4.99. The first kappa shape index (κ1) is 6.56. The molecule has 0 atom stereocenters. The molecule has 0 aliphatic heterocycles. The van der Waals surface area contributed by atoms with Crippen LogP contribution in [-0.4, -0.2) is 15.8 Å². The van der Waals surface area contributed by atoms with Gasteiger partial charge >= 0.3 is 46.4 Å². The van der Waals surface area contributed by atoms with Gasteiger partial charge in [0.25, 0.3) is 0 Å². The fourth-order valence-electron chi connectivity index (χ4n) is 0.365. The van der Waals surface area contributed by atoms with Crippen LogP contribution >= 0.6 is 0 Å². The van der Waals surface area contributed by atoms with Gasteiger partial charge in [0.2, 0.25) is 0 Å². The van der Waals surface area contributed by atoms with Crippen LogP contribution < -0.4 is 0 Å². The quantitative estimate of drug-likeness (QED) is 0.522. The molecule has 0 N–H and O–H groups in total. The van der Waals surface area contributed by atoms with Crippen molar-refractivity contribution in [1.82, 2.24) is 0 Å². The van der Waals surface area contributed by atoms with Gasteiger partial charge in [-0.15, -0.1) is 0 Å². The van der Waals surface area contributed by atoms with Crippen molar-refractivity contribution in [2.24, 2.45) is 5.92 Å². The van der Waals surface area contributed by atoms with E-state index in [4.69, 9.17) is 0 Å². The zero-order valence-corrected chi connectivity index (χ0v) is 6.61. The molecule has 0 amide bonds. The molecule has 1 heteroatoms. The molecule has 0 heterocycles. The van der Waals surface area contributed by atoms with Crippen LogP contribution in [0, 0.1) is 5.92 Å². The molecule has 0 aliphatic carbocycles. The molecule has 1 radical (unpaired) electrons. The molecular weight excluding hydrogens is 135 g/mol. The molecular formula is C5H12As. The Labute approximate surface area is 47.0 Å². The van der Waals surface area contributed by atoms with E-state index < -0.39 is 0 Å². The second kappa shape index (κ2) is 3.74. The van der Waals surface area contributed by atoms with E-state index in [0.717, 1.165) is 5.92 Å². The zero-order valence-electron chi connectivity index (χ0n) is 4.73. The Hall–Kier alpha value is 0.558. The molecule has 0 nitrogen and oxygen atoms in total. The molecule has 0 saturated carbocycles. The first-order valence-corrected chi connectivity index (χ1v) is 5.53. The Morgan fingerprint density at radius 2 is 2.00 bits per heavy atom. The van der Waals surface area contributed by atoms with Gasteiger partial charge in [0.1, 0.15) is 0 Å². The van der Waals surface area contributed by atoms with Crippen LogP contribution in [0.2, 0.25) is 10.9 Å². The van der Waals surface area contributed by atoms with Crippen LogP contribution in [0.3, 0.4) is 0 Å². The molecule has 6 heavy (non-hydrogen) atoms. The summed E-state index contributed by atoms with van der Waals surface area (Å²) in [7, 11) is 0. The van der Waals surface area contributed by atoms with E-state index in [1.165, 1.54) is 5.21 Å². The van der Waals surface area contributed by atoms with Crippen LogP contribution in [0.5, 0.6) is 0 Å². The summed E-state index contributed by atoms with van der Waals surface area (Å²) < 4.78 is 0. The van der Waals surface area contributed by atoms with Crippen molar-refractivity contribution in [3.63, 3.8) is 0 Å². The van der Waals surface area contributed by atoms with E-state index in [-0.39, 0.29) is 0 Å². The second-order valence-electron chi connectivity index (χ2n) is 1.89. The molecule has 0 spiro atoms. The van der Waals surface area contributed by atoms with Gasteiger partial charge in [0.05, 0.1) is 0 Å². The first-order chi connectivity index (χ1) is 2.77. The van der Waals surface area contributed by atoms with Crippen molar-refractivity contribution in [2.45, 2.75) is 24.8 Å². The summed E-state index contributed by atoms with van der Waals surface area (Å²) in [5.41, 5.74) is 2.32. The van der Waals surface area contributed by atoms with E-state index in [1.807, 2.05) is 0 Å². The molecule has 0 saturated heterocycles. The van der Waals surface area contributed by atoms with Gasteiger partial charge in [0, 0.05) is 0 Å². The molecule has 0 aromatic rings. The molecule has 0 aromatic carbocycles. The first-order valence-electron chi connectivity index (χ1n) is 2.33. The molecule has 0 unspecified atom stereocenters. The molecule has 0 rings (SSSR count). The number of rotatable bonds is 2. The average molecular weight is 147 g/mol. The van der Waals surface area contributed by atoms with E-state index >= 15 is 0 Å². The van der Waals surface area contributed by atoms with Gasteiger partial charge in [-0.2, -0.15) is 0 Å². The fraction of sp³-hybridized carbons (Fsp3) is 1.00. The summed E-state index contributed by atoms with van der Waals surface area (Å²) in [6.45, 7) is 4.55. The van der Waals surface area contributed by atoms with Gasteiger partial charge in [-0.25, -0.2) is 0 Å². The third-order valence-electron chi connectivity index (χ3n) is 0.548. The van der Waals surface area contributed by atoms with E-state index in [1.54, 1.807) is 0 Å². The third kappa shape index (κ3) is 4.56. The van der Waals surface area contributed by atoms with Crippen molar-refractivity contribution in [3.05, 3.63) is 0 Å². The number of hydrogen-bond acceptors (Lipinski definition) is 0. The second-order valence-corrected chi connectivity index (χ2v) is 3.99. The van der Waals surface area contributed by atoms with Crippen LogP contribution in [0.4, 0.5) is 0 Å². The molecule has 37 valence electrons. The van der Waals surface area contributed by atoms with Crippen LogP contribution in [0.15, 0.2) is 0 Å². The average Bonchev–Trinajstić information content (AvgIpc) is 1.35. The number of hydrogen-bond donors (Lipinski definition) is 0. The van der Waals surface area contributed by atoms with Gasteiger partial charge in [-0.3, -0.25) is 0 Å². The van der Waals surface area contributed by atoms with Crippen LogP contribution in [0.25, 0.3) is 0 Å². The fourth-order valence-corrected chi connectivity index (χ4v) is 1.90. The van der Waals surface area contributed by atoms with Crippen molar-refractivity contribution in [1.29, 1.82) is 0 Å². The topological polar surface area (TPSA) is 0 Å². The Kier molecular flexibility index (Phi) is 4.09. The van der Waals surface area contributed by atoms with Crippen LogP contribution in [-0.2, 0) is 0 Å². The SMILES string of the molecule is C[As]CC(C)C. The van der Waals surface area contributed by atoms with E-state index in [9.17, 15) is 0 Å². The van der Waals surface area contributed by atoms with Gasteiger partial charge in [-0.05, 0) is 0 Å². The molecule has 0 aromatic heterocycles. The van der Waals surface area contributed by atoms with Crippen molar-refractivity contribution >= 4 is 15.8 Å². The Bertz CT molecular complexity index is 25.1. The summed E-state index contributed by atoms with van der Waals surface area (Å²) >= 11 is 0.680. The van der Waals surface area contributed by atoms with Crippen molar-refractivity contribution < 1.29 is 0 Å². The van der Waals surface area contributed by atoms with E-state index in [0.29, 0.717) is 15.8 Å². The van der Waals surface area contributed by atoms with Gasteiger partial charge in [0.15, 0.2) is 0 Å². The van der Waals surface area contributed by atoms with Crippen molar-refractivity contribution in [3.8, 4) is 0 Å². The summed E-state index contributed by atoms with van der Waals surface area (Å²) in [5.74, 6) is 0.940. The Morgan fingerprint density at radius 1 is 1.50 bits per heavy atom. The third-order valence-corrected chi connectivity index (χ3v) is 2.85. The monoisotopic (exact) mass is 147 g/mol. The molecule has 0 aliphatic rings. The maximum atomic E-state index is 2.32. The van der Waals surface area contributed by atoms with Crippen molar-refractivity contribution in [2.75, 3.05) is 0 Å². The summed E-state index contributed by atoms with van der Waals surface area (Å²) in [6.07, 6.45) is 0. The standard InChI is InChI=1S/C5H12As/c1-5(2)4-6-3/h5H,4H2,1-3H3. The summed E-state index contributed by atoms with van der Waals surface area (Å²) in [5, 5.41) is 1.47. The summed E-state index contributed by atoms with van der Waals surface area (Å²) in [4.78, 5) is 0. The van der Waals surface area contributed by atoms with E-state index in [2.05, 4.69) is 19.6 Å². The normalized spacial score (nSPS) is 12.0. The minimum atomic E-state index is 0.680. The van der Waals surface area contributed by atoms with Gasteiger partial charge < -0.3 is 0 Å². The van der Waals surface area contributed by atoms with Gasteiger partial charge in [-0.1, -0.05) is 0 Å². The predicted molar refractivity (Wildman–Crippen MR) is 31.3 cm³/mol. The predicted octanol–water partition coefficient (Wildman–Crippen LogP) is 1.81. The molecule has 0 fully saturated rings. The Morgan fingerprint density at radius 3 is 2.00 bits per heavy atom. The van der Waals surface area contributed by atoms with Crippen LogP contribution in [0.1, 0.15) is 13.8 Å². The maximum absolute atomic E-state index is 2.32. The summed E-state index contributed by atoms with van der Waals surface area (Å²) in [6, 6.07) is 0. The molecule has 0 bridgehead atoms. The minimum absolute atomic E-state index is 0.680. The Balaban J connectivity index is 2.63.